The minimum absolute atomic E-state index is 0.0500. The maximum Gasteiger partial charge on any atom is 0.230 e. The van der Waals surface area contributed by atoms with E-state index in [0.717, 1.165) is 11.3 Å². The van der Waals surface area contributed by atoms with E-state index in [1.807, 2.05) is 43.3 Å². The molecule has 0 saturated carbocycles. The van der Waals surface area contributed by atoms with Crippen molar-refractivity contribution in [1.29, 1.82) is 0 Å². The van der Waals surface area contributed by atoms with Gasteiger partial charge in [0.15, 0.2) is 9.84 Å². The molecule has 1 N–H and O–H groups in total. The highest BCUT2D eigenvalue weighted by molar-refractivity contribution is 8.02. The molecular formula is C15H22N2O3S2. The third-order valence-corrected chi connectivity index (χ3v) is 6.86. The van der Waals surface area contributed by atoms with Gasteiger partial charge in [0.25, 0.3) is 0 Å². The first-order chi connectivity index (χ1) is 10.4. The molecule has 1 unspecified atom stereocenters. The van der Waals surface area contributed by atoms with Gasteiger partial charge in [-0.15, -0.1) is 11.8 Å². The largest absolute Gasteiger partial charge is 0.378 e. The molecule has 0 spiro atoms. The molecule has 1 aromatic carbocycles. The molecule has 1 fully saturated rings. The van der Waals surface area contributed by atoms with Crippen LogP contribution in [0, 0.1) is 0 Å². The Bertz CT molecular complexity index is 612. The average Bonchev–Trinajstić information content (AvgIpc) is 2.82. The Morgan fingerprint density at radius 2 is 2.00 bits per heavy atom. The van der Waals surface area contributed by atoms with Crippen LogP contribution < -0.4 is 10.2 Å². The molecule has 0 aliphatic carbocycles. The van der Waals surface area contributed by atoms with Crippen LogP contribution in [0.3, 0.4) is 0 Å². The Morgan fingerprint density at radius 3 is 2.55 bits per heavy atom. The van der Waals surface area contributed by atoms with Gasteiger partial charge in [0.1, 0.15) is 0 Å². The van der Waals surface area contributed by atoms with E-state index in [2.05, 4.69) is 5.32 Å². The van der Waals surface area contributed by atoms with Gasteiger partial charge in [0, 0.05) is 31.6 Å². The van der Waals surface area contributed by atoms with Crippen LogP contribution in [0.1, 0.15) is 12.0 Å². The molecule has 5 nitrogen and oxygen atoms in total. The summed E-state index contributed by atoms with van der Waals surface area (Å²) in [4.78, 5) is 13.8. The first-order valence-corrected chi connectivity index (χ1v) is 10.1. The van der Waals surface area contributed by atoms with E-state index in [9.17, 15) is 13.2 Å². The number of hydrogen-bond donors (Lipinski definition) is 1. The van der Waals surface area contributed by atoms with Gasteiger partial charge in [-0.05, 0) is 24.1 Å². The van der Waals surface area contributed by atoms with Crippen LogP contribution >= 0.6 is 11.8 Å². The predicted molar refractivity (Wildman–Crippen MR) is 92.1 cm³/mol. The minimum atomic E-state index is -2.87. The molecule has 0 radical (unpaired) electrons. The number of nitrogens with zero attached hydrogens (tertiary/aromatic N) is 1. The fraction of sp³-hybridized carbons (Fsp3) is 0.533. The van der Waals surface area contributed by atoms with Gasteiger partial charge in [-0.25, -0.2) is 8.42 Å². The molecule has 2 rings (SSSR count). The number of hydrogen-bond acceptors (Lipinski definition) is 5. The molecule has 22 heavy (non-hydrogen) atoms. The normalized spacial score (nSPS) is 19.8. The number of anilines is 1. The van der Waals surface area contributed by atoms with Crippen molar-refractivity contribution in [3.05, 3.63) is 29.8 Å². The van der Waals surface area contributed by atoms with E-state index in [-0.39, 0.29) is 22.7 Å². The quantitative estimate of drug-likeness (QED) is 0.844. The van der Waals surface area contributed by atoms with Crippen molar-refractivity contribution in [1.82, 2.24) is 5.32 Å². The lowest BCUT2D eigenvalue weighted by Crippen LogP contribution is -2.25. The van der Waals surface area contributed by atoms with Crippen molar-refractivity contribution in [2.75, 3.05) is 36.3 Å². The Balaban J connectivity index is 1.71. The van der Waals surface area contributed by atoms with E-state index >= 15 is 0 Å². The fourth-order valence-electron chi connectivity index (χ4n) is 2.25. The summed E-state index contributed by atoms with van der Waals surface area (Å²) in [7, 11) is 1.10. The van der Waals surface area contributed by atoms with Crippen molar-refractivity contribution in [2.45, 2.75) is 18.2 Å². The summed E-state index contributed by atoms with van der Waals surface area (Å²) in [6.07, 6.45) is 0.659. The molecule has 1 saturated heterocycles. The lowest BCUT2D eigenvalue weighted by Gasteiger charge is -2.13. The lowest BCUT2D eigenvalue weighted by atomic mass is 10.2. The SMILES string of the molecule is CN(C)c1ccc(CNC(=O)CSC2CCS(=O)(=O)C2)cc1. The highest BCUT2D eigenvalue weighted by atomic mass is 32.2. The number of carbonyl (C=O) groups excluding carboxylic acids is 1. The molecule has 1 aliphatic heterocycles. The Hall–Kier alpha value is -1.21. The van der Waals surface area contributed by atoms with Gasteiger partial charge >= 0.3 is 0 Å². The summed E-state index contributed by atoms with van der Waals surface area (Å²) in [5.74, 6) is 0.725. The molecule has 1 heterocycles. The molecule has 1 amide bonds. The molecule has 1 atom stereocenters. The van der Waals surface area contributed by atoms with Crippen LogP contribution in [0.5, 0.6) is 0 Å². The maximum absolute atomic E-state index is 11.8. The van der Waals surface area contributed by atoms with Crippen LogP contribution in [0.15, 0.2) is 24.3 Å². The molecule has 122 valence electrons. The first kappa shape index (κ1) is 17.1. The van der Waals surface area contributed by atoms with Gasteiger partial charge in [-0.1, -0.05) is 12.1 Å². The van der Waals surface area contributed by atoms with E-state index in [4.69, 9.17) is 0 Å². The van der Waals surface area contributed by atoms with E-state index in [1.165, 1.54) is 11.8 Å². The summed E-state index contributed by atoms with van der Waals surface area (Å²) >= 11 is 1.44. The minimum Gasteiger partial charge on any atom is -0.378 e. The van der Waals surface area contributed by atoms with Gasteiger partial charge in [-0.3, -0.25) is 4.79 Å². The number of carbonyl (C=O) groups is 1. The highest BCUT2D eigenvalue weighted by Gasteiger charge is 2.28. The second kappa shape index (κ2) is 7.37. The van der Waals surface area contributed by atoms with Gasteiger partial charge in [-0.2, -0.15) is 0 Å². The molecule has 0 bridgehead atoms. The zero-order chi connectivity index (χ0) is 16.2. The number of amides is 1. The van der Waals surface area contributed by atoms with Crippen LogP contribution in [0.4, 0.5) is 5.69 Å². The third-order valence-electron chi connectivity index (χ3n) is 3.58. The summed E-state index contributed by atoms with van der Waals surface area (Å²) < 4.78 is 22.7. The zero-order valence-electron chi connectivity index (χ0n) is 12.9. The number of benzene rings is 1. The van der Waals surface area contributed by atoms with E-state index in [1.54, 1.807) is 0 Å². The number of thioether (sulfide) groups is 1. The molecule has 1 aliphatic rings. The monoisotopic (exact) mass is 342 g/mol. The fourth-order valence-corrected chi connectivity index (χ4v) is 5.72. The topological polar surface area (TPSA) is 66.5 Å². The van der Waals surface area contributed by atoms with Crippen LogP contribution in [0.2, 0.25) is 0 Å². The van der Waals surface area contributed by atoms with Crippen molar-refractivity contribution < 1.29 is 13.2 Å². The standard InChI is InChI=1S/C15H22N2O3S2/c1-17(2)13-5-3-12(4-6-13)9-16-15(18)10-21-14-7-8-22(19,20)11-14/h3-6,14H,7-11H2,1-2H3,(H,16,18). The van der Waals surface area contributed by atoms with Gasteiger partial charge < -0.3 is 10.2 Å². The van der Waals surface area contributed by atoms with E-state index in [0.29, 0.717) is 18.7 Å². The molecule has 0 aromatic heterocycles. The molecule has 1 aromatic rings. The number of rotatable bonds is 6. The van der Waals surface area contributed by atoms with Gasteiger partial charge in [0.05, 0.1) is 17.3 Å². The van der Waals surface area contributed by atoms with Crippen LogP contribution in [-0.2, 0) is 21.2 Å². The number of sulfone groups is 1. The van der Waals surface area contributed by atoms with Crippen LogP contribution in [-0.4, -0.2) is 50.9 Å². The Morgan fingerprint density at radius 1 is 1.32 bits per heavy atom. The summed E-state index contributed by atoms with van der Waals surface area (Å²) in [5.41, 5.74) is 2.17. The maximum atomic E-state index is 11.8. The average molecular weight is 342 g/mol. The Kier molecular flexibility index (Phi) is 5.74. The first-order valence-electron chi connectivity index (χ1n) is 7.21. The smallest absolute Gasteiger partial charge is 0.230 e. The van der Waals surface area contributed by atoms with Crippen LogP contribution in [0.25, 0.3) is 0 Å². The second-order valence-corrected chi connectivity index (χ2v) is 9.19. The third kappa shape index (κ3) is 5.21. The Labute approximate surface area is 136 Å². The van der Waals surface area contributed by atoms with Gasteiger partial charge in [0.2, 0.25) is 5.91 Å². The zero-order valence-corrected chi connectivity index (χ0v) is 14.5. The summed E-state index contributed by atoms with van der Waals surface area (Å²) in [6, 6.07) is 8.01. The second-order valence-electron chi connectivity index (χ2n) is 5.67. The summed E-state index contributed by atoms with van der Waals surface area (Å²) in [5, 5.41) is 2.93. The highest BCUT2D eigenvalue weighted by Crippen LogP contribution is 2.24. The number of nitrogens with one attached hydrogen (secondary N) is 1. The van der Waals surface area contributed by atoms with Crippen molar-refractivity contribution in [2.24, 2.45) is 0 Å². The summed E-state index contributed by atoms with van der Waals surface area (Å²) in [6.45, 7) is 0.496. The van der Waals surface area contributed by atoms with Crippen molar-refractivity contribution in [3.8, 4) is 0 Å². The van der Waals surface area contributed by atoms with E-state index < -0.39 is 9.84 Å². The lowest BCUT2D eigenvalue weighted by molar-refractivity contribution is -0.118. The van der Waals surface area contributed by atoms with Crippen molar-refractivity contribution in [3.63, 3.8) is 0 Å². The molecule has 7 heteroatoms. The van der Waals surface area contributed by atoms with Crippen molar-refractivity contribution >= 4 is 33.2 Å². The molecular weight excluding hydrogens is 320 g/mol. The predicted octanol–water partition coefficient (Wildman–Crippen LogP) is 1.29.